The Hall–Kier alpha value is -0.420. The molecule has 1 rings (SSSR count). The number of hydrogen-bond acceptors (Lipinski definition) is 9. The monoisotopic (exact) mass is 385 g/mol. The molecule has 12 N–H and O–H groups in total. The summed E-state index contributed by atoms with van der Waals surface area (Å²) >= 11 is 0. The number of carbonyl (C=O) groups is 2. The van der Waals surface area contributed by atoms with Gasteiger partial charge >= 0.3 is 29.6 Å². The largest absolute Gasteiger partial charge is 1.00 e. The van der Waals surface area contributed by atoms with E-state index in [-0.39, 0.29) is 46.0 Å². The zero-order valence-electron chi connectivity index (χ0n) is 13.7. The molecule has 0 saturated carbocycles. The summed E-state index contributed by atoms with van der Waals surface area (Å²) in [6, 6.07) is -1.29. The van der Waals surface area contributed by atoms with E-state index in [2.05, 4.69) is 5.32 Å². The molecular formula is C11H24NNaO12. The van der Waals surface area contributed by atoms with Crippen molar-refractivity contribution in [3.05, 3.63) is 0 Å². The van der Waals surface area contributed by atoms with Crippen molar-refractivity contribution in [1.82, 2.24) is 5.32 Å². The molecule has 1 heterocycles. The molecule has 0 bridgehead atoms. The van der Waals surface area contributed by atoms with Crippen molar-refractivity contribution in [2.24, 2.45) is 0 Å². The van der Waals surface area contributed by atoms with Crippen LogP contribution in [0.3, 0.4) is 0 Å². The summed E-state index contributed by atoms with van der Waals surface area (Å²) in [7, 11) is 0. The van der Waals surface area contributed by atoms with E-state index in [9.17, 15) is 35.1 Å². The minimum absolute atomic E-state index is 0. The van der Waals surface area contributed by atoms with Crippen molar-refractivity contribution < 1.29 is 91.0 Å². The molecule has 6 atom stereocenters. The Balaban J connectivity index is -0.000000551. The van der Waals surface area contributed by atoms with Gasteiger partial charge < -0.3 is 61.9 Å². The van der Waals surface area contributed by atoms with Crippen LogP contribution in [0.1, 0.15) is 13.3 Å². The summed E-state index contributed by atoms with van der Waals surface area (Å²) in [5.74, 6) is -5.55. The molecule has 0 aromatic heterocycles. The molecule has 1 saturated heterocycles. The van der Waals surface area contributed by atoms with E-state index >= 15 is 0 Å². The quantitative estimate of drug-likeness (QED) is 0.245. The van der Waals surface area contributed by atoms with Gasteiger partial charge in [-0.3, -0.25) is 4.79 Å². The Morgan fingerprint density at radius 2 is 1.80 bits per heavy atom. The van der Waals surface area contributed by atoms with E-state index in [0.29, 0.717) is 0 Å². The third kappa shape index (κ3) is 7.78. The number of hydrogen-bond donors (Lipinski definition) is 6. The van der Waals surface area contributed by atoms with E-state index in [1.807, 2.05) is 0 Å². The minimum atomic E-state index is -2.89. The zero-order chi connectivity index (χ0) is 16.4. The average molecular weight is 385 g/mol. The summed E-state index contributed by atoms with van der Waals surface area (Å²) in [5, 5.41) is 60.8. The molecule has 1 unspecified atom stereocenters. The zero-order valence-corrected chi connectivity index (χ0v) is 15.7. The molecule has 0 aromatic rings. The van der Waals surface area contributed by atoms with Gasteiger partial charge in [-0.1, -0.05) is 0 Å². The van der Waals surface area contributed by atoms with Crippen LogP contribution in [0.25, 0.3) is 0 Å². The summed E-state index contributed by atoms with van der Waals surface area (Å²) in [6.45, 7) is 0.228. The second-order valence-electron chi connectivity index (χ2n) is 4.89. The number of ether oxygens (including phenoxy) is 1. The molecular weight excluding hydrogens is 361 g/mol. The van der Waals surface area contributed by atoms with Crippen LogP contribution in [0.4, 0.5) is 0 Å². The molecule has 0 radical (unpaired) electrons. The third-order valence-electron chi connectivity index (χ3n) is 3.19. The van der Waals surface area contributed by atoms with Gasteiger partial charge in [0.15, 0.2) is 0 Å². The predicted octanol–water partition coefficient (Wildman–Crippen LogP) is -10.7. The summed E-state index contributed by atoms with van der Waals surface area (Å²) in [6.07, 6.45) is -7.67. The van der Waals surface area contributed by atoms with Crippen molar-refractivity contribution in [3.63, 3.8) is 0 Å². The smallest absolute Gasteiger partial charge is 0.544 e. The van der Waals surface area contributed by atoms with Crippen LogP contribution in [-0.2, 0) is 14.3 Å². The standard InChI is InChI=1S/C11H19NO9.Na.3H2O/c1-4(14)12-7-5(15)2-11(20,10(18)19)21-9(7)8(17)6(16)3-13;;;;/h5-9,13,15-17,20H,2-3H2,1H3,(H,12,14)(H,18,19);;3*1H2/q;+1;;;/p-1/t5-,6+,7+,8+,9+,11?;;;;/m0..../s1. The molecule has 146 valence electrons. The first-order valence-corrected chi connectivity index (χ1v) is 6.16. The average Bonchev–Trinajstić information content (AvgIpc) is 2.39. The Labute approximate surface area is 164 Å². The number of rotatable bonds is 5. The number of carboxylic acid groups (broad SMARTS) is 1. The number of amides is 1. The maximum atomic E-state index is 11.1. The van der Waals surface area contributed by atoms with E-state index < -0.39 is 61.1 Å². The molecule has 1 fully saturated rings. The second-order valence-corrected chi connectivity index (χ2v) is 4.89. The van der Waals surface area contributed by atoms with Gasteiger partial charge in [-0.05, 0) is 0 Å². The van der Waals surface area contributed by atoms with Crippen LogP contribution in [-0.4, -0.2) is 96.7 Å². The van der Waals surface area contributed by atoms with Gasteiger partial charge in [-0.25, -0.2) is 0 Å². The number of nitrogens with one attached hydrogen (secondary N) is 1. The Morgan fingerprint density at radius 3 is 2.16 bits per heavy atom. The van der Waals surface area contributed by atoms with Crippen molar-refractivity contribution in [3.8, 4) is 0 Å². The van der Waals surface area contributed by atoms with Gasteiger partial charge in [0.05, 0.1) is 18.8 Å². The number of carboxylic acids is 1. The number of aliphatic carboxylic acids is 1. The maximum Gasteiger partial charge on any atom is 1.00 e. The fourth-order valence-corrected chi connectivity index (χ4v) is 2.13. The van der Waals surface area contributed by atoms with E-state index in [4.69, 9.17) is 9.84 Å². The fourth-order valence-electron chi connectivity index (χ4n) is 2.13. The predicted molar refractivity (Wildman–Crippen MR) is 73.0 cm³/mol. The number of carbonyl (C=O) groups excluding carboxylic acids is 2. The van der Waals surface area contributed by atoms with Crippen LogP contribution in [0.2, 0.25) is 0 Å². The first kappa shape index (κ1) is 32.3. The van der Waals surface area contributed by atoms with Gasteiger partial charge in [-0.2, -0.15) is 0 Å². The Kier molecular flexibility index (Phi) is 16.6. The molecule has 14 heteroatoms. The SMILES string of the molecule is CC(=O)N[C@H]1[C@H]([C@H](O)[C@H](O)CO)OC(O)(C(=O)[O-])C[C@@H]1O.O.O.O.[Na+]. The number of aliphatic hydroxyl groups excluding tert-OH is 4. The molecule has 0 aromatic carbocycles. The van der Waals surface area contributed by atoms with Crippen LogP contribution in [0.15, 0.2) is 0 Å². The van der Waals surface area contributed by atoms with E-state index in [1.54, 1.807) is 0 Å². The topological polar surface area (TPSA) is 274 Å². The second kappa shape index (κ2) is 12.9. The van der Waals surface area contributed by atoms with Crippen LogP contribution in [0, 0.1) is 0 Å². The van der Waals surface area contributed by atoms with E-state index in [1.165, 1.54) is 0 Å². The van der Waals surface area contributed by atoms with Crippen LogP contribution < -0.4 is 40.0 Å². The van der Waals surface area contributed by atoms with Crippen molar-refractivity contribution in [2.45, 2.75) is 49.6 Å². The fraction of sp³-hybridized carbons (Fsp3) is 0.818. The first-order chi connectivity index (χ1) is 9.62. The van der Waals surface area contributed by atoms with Gasteiger partial charge in [0.2, 0.25) is 11.7 Å². The van der Waals surface area contributed by atoms with E-state index in [0.717, 1.165) is 6.92 Å². The minimum Gasteiger partial charge on any atom is -0.544 e. The molecule has 13 nitrogen and oxygen atoms in total. The molecule has 1 amide bonds. The van der Waals surface area contributed by atoms with Crippen LogP contribution in [0.5, 0.6) is 0 Å². The van der Waals surface area contributed by atoms with Gasteiger partial charge in [0.1, 0.15) is 24.3 Å². The molecule has 1 aliphatic heterocycles. The van der Waals surface area contributed by atoms with Gasteiger partial charge in [0, 0.05) is 13.3 Å². The molecule has 1 aliphatic rings. The molecule has 0 spiro atoms. The van der Waals surface area contributed by atoms with Crippen molar-refractivity contribution >= 4 is 11.9 Å². The Morgan fingerprint density at radius 1 is 1.32 bits per heavy atom. The van der Waals surface area contributed by atoms with Gasteiger partial charge in [0.25, 0.3) is 0 Å². The number of aliphatic hydroxyl groups is 5. The molecule has 25 heavy (non-hydrogen) atoms. The normalized spacial score (nSPS) is 30.1. The summed E-state index contributed by atoms with van der Waals surface area (Å²) < 4.78 is 4.80. The summed E-state index contributed by atoms with van der Waals surface area (Å²) in [4.78, 5) is 22.0. The maximum absolute atomic E-state index is 11.1. The first-order valence-electron chi connectivity index (χ1n) is 6.16. The van der Waals surface area contributed by atoms with Crippen molar-refractivity contribution in [1.29, 1.82) is 0 Å². The summed E-state index contributed by atoms with van der Waals surface area (Å²) in [5.41, 5.74) is 0. The van der Waals surface area contributed by atoms with Crippen molar-refractivity contribution in [2.75, 3.05) is 6.61 Å². The Bertz CT molecular complexity index is 413. The third-order valence-corrected chi connectivity index (χ3v) is 3.19. The van der Waals surface area contributed by atoms with Crippen LogP contribution >= 0.6 is 0 Å². The van der Waals surface area contributed by atoms with Gasteiger partial charge in [-0.15, -0.1) is 0 Å². The molecule has 0 aliphatic carbocycles.